The van der Waals surface area contributed by atoms with Crippen molar-refractivity contribution < 1.29 is 9.53 Å². The number of benzene rings is 1. The molecule has 2 aromatic rings. The normalized spacial score (nSPS) is 17.3. The fourth-order valence-corrected chi connectivity index (χ4v) is 3.16. The van der Waals surface area contributed by atoms with Crippen LogP contribution in [0.4, 0.5) is 0 Å². The third-order valence-corrected chi connectivity index (χ3v) is 4.28. The molecule has 0 spiro atoms. The molecule has 2 heterocycles. The van der Waals surface area contributed by atoms with Gasteiger partial charge in [0, 0.05) is 18.8 Å². The maximum atomic E-state index is 12.8. The maximum Gasteiger partial charge on any atom is 0.272 e. The molecule has 0 unspecified atom stereocenters. The highest BCUT2D eigenvalue weighted by atomic mass is 16.5. The molecule has 5 nitrogen and oxygen atoms in total. The number of carbonyl (C=O) groups is 1. The number of hydrogen-bond donors (Lipinski definition) is 0. The number of aromatic nitrogens is 2. The molecule has 5 heteroatoms. The van der Waals surface area contributed by atoms with E-state index in [1.54, 1.807) is 26.3 Å². The molecule has 1 aromatic carbocycles. The van der Waals surface area contributed by atoms with Crippen molar-refractivity contribution in [2.45, 2.75) is 32.2 Å². The molecule has 1 aliphatic rings. The molecule has 0 aliphatic carbocycles. The van der Waals surface area contributed by atoms with Gasteiger partial charge in [0.2, 0.25) is 0 Å². The lowest BCUT2D eigenvalue weighted by molar-refractivity contribution is 0.0729. The van der Waals surface area contributed by atoms with Gasteiger partial charge < -0.3 is 9.64 Å². The number of nitrogens with zero attached hydrogens (tertiary/aromatic N) is 3. The van der Waals surface area contributed by atoms with Crippen LogP contribution in [0.3, 0.4) is 0 Å². The maximum absolute atomic E-state index is 12.8. The Kier molecular flexibility index (Phi) is 4.55. The van der Waals surface area contributed by atoms with Crippen molar-refractivity contribution in [3.63, 3.8) is 0 Å². The van der Waals surface area contributed by atoms with Crippen LogP contribution in [0.1, 0.15) is 34.7 Å². The number of ether oxygens (including phenoxy) is 1. The van der Waals surface area contributed by atoms with Crippen LogP contribution in [0, 0.1) is 6.92 Å². The van der Waals surface area contributed by atoms with Crippen LogP contribution in [0.25, 0.3) is 0 Å². The number of likely N-dealkylation sites (tertiary alicyclic amines) is 1. The lowest BCUT2D eigenvalue weighted by Crippen LogP contribution is -2.37. The minimum Gasteiger partial charge on any atom is -0.496 e. The van der Waals surface area contributed by atoms with E-state index in [1.165, 1.54) is 0 Å². The average Bonchev–Trinajstić information content (AvgIpc) is 3.03. The summed E-state index contributed by atoms with van der Waals surface area (Å²) in [6, 6.07) is 9.87. The first-order valence-electron chi connectivity index (χ1n) is 7.91. The Bertz CT molecular complexity index is 702. The number of para-hydroxylation sites is 1. The molecular weight excluding hydrogens is 290 g/mol. The number of rotatable bonds is 4. The van der Waals surface area contributed by atoms with Gasteiger partial charge in [0.1, 0.15) is 17.3 Å². The van der Waals surface area contributed by atoms with Crippen molar-refractivity contribution >= 4 is 5.91 Å². The summed E-state index contributed by atoms with van der Waals surface area (Å²) >= 11 is 0. The molecule has 0 radical (unpaired) electrons. The molecule has 1 saturated heterocycles. The van der Waals surface area contributed by atoms with Gasteiger partial charge in [0.05, 0.1) is 7.11 Å². The van der Waals surface area contributed by atoms with Gasteiger partial charge in [-0.3, -0.25) is 4.79 Å². The molecule has 1 atom stereocenters. The summed E-state index contributed by atoms with van der Waals surface area (Å²) in [6.45, 7) is 2.58. The fraction of sp³-hybridized carbons (Fsp3) is 0.389. The summed E-state index contributed by atoms with van der Waals surface area (Å²) in [6.07, 6.45) is 4.48. The summed E-state index contributed by atoms with van der Waals surface area (Å²) in [5.41, 5.74) is 1.61. The van der Waals surface area contributed by atoms with Crippen LogP contribution < -0.4 is 4.74 Å². The van der Waals surface area contributed by atoms with Crippen molar-refractivity contribution in [1.82, 2.24) is 14.9 Å². The van der Waals surface area contributed by atoms with Crippen LogP contribution in [0.15, 0.2) is 36.5 Å². The SMILES string of the molecule is COc1ccccc1C[C@H]1CCCN1C(=O)c1ccnc(C)n1. The van der Waals surface area contributed by atoms with E-state index in [9.17, 15) is 4.79 Å². The molecule has 3 rings (SSSR count). The molecule has 1 amide bonds. The van der Waals surface area contributed by atoms with E-state index in [2.05, 4.69) is 16.0 Å². The van der Waals surface area contributed by atoms with Crippen molar-refractivity contribution in [3.8, 4) is 5.75 Å². The number of carbonyl (C=O) groups excluding carboxylic acids is 1. The number of methoxy groups -OCH3 is 1. The Morgan fingerprint density at radius 1 is 1.35 bits per heavy atom. The van der Waals surface area contributed by atoms with Gasteiger partial charge >= 0.3 is 0 Å². The minimum atomic E-state index is -0.00658. The van der Waals surface area contributed by atoms with E-state index in [1.807, 2.05) is 23.1 Å². The topological polar surface area (TPSA) is 55.3 Å². The highest BCUT2D eigenvalue weighted by Gasteiger charge is 2.30. The third-order valence-electron chi connectivity index (χ3n) is 4.28. The van der Waals surface area contributed by atoms with E-state index in [0.717, 1.165) is 37.1 Å². The molecule has 1 fully saturated rings. The molecule has 0 bridgehead atoms. The predicted molar refractivity (Wildman–Crippen MR) is 87.5 cm³/mol. The van der Waals surface area contributed by atoms with Gasteiger partial charge in [0.25, 0.3) is 5.91 Å². The average molecular weight is 311 g/mol. The highest BCUT2D eigenvalue weighted by molar-refractivity contribution is 5.92. The lowest BCUT2D eigenvalue weighted by Gasteiger charge is -2.25. The number of amides is 1. The summed E-state index contributed by atoms with van der Waals surface area (Å²) in [4.78, 5) is 23.0. The minimum absolute atomic E-state index is 0.00658. The van der Waals surface area contributed by atoms with Crippen LogP contribution in [-0.4, -0.2) is 40.5 Å². The highest BCUT2D eigenvalue weighted by Crippen LogP contribution is 2.26. The van der Waals surface area contributed by atoms with Gasteiger partial charge in [-0.1, -0.05) is 18.2 Å². The van der Waals surface area contributed by atoms with Crippen molar-refractivity contribution in [3.05, 3.63) is 53.6 Å². The van der Waals surface area contributed by atoms with Crippen LogP contribution in [0.2, 0.25) is 0 Å². The second-order valence-electron chi connectivity index (χ2n) is 5.80. The second-order valence-corrected chi connectivity index (χ2v) is 5.80. The summed E-state index contributed by atoms with van der Waals surface area (Å²) < 4.78 is 5.43. The Balaban J connectivity index is 1.79. The zero-order chi connectivity index (χ0) is 16.2. The van der Waals surface area contributed by atoms with Crippen LogP contribution in [-0.2, 0) is 6.42 Å². The number of aryl methyl sites for hydroxylation is 1. The predicted octanol–water partition coefficient (Wildman–Crippen LogP) is 2.64. The van der Waals surface area contributed by atoms with Gasteiger partial charge in [-0.15, -0.1) is 0 Å². The summed E-state index contributed by atoms with van der Waals surface area (Å²) in [7, 11) is 1.68. The number of hydrogen-bond acceptors (Lipinski definition) is 4. The van der Waals surface area contributed by atoms with Gasteiger partial charge in [-0.05, 0) is 43.9 Å². The zero-order valence-electron chi connectivity index (χ0n) is 13.5. The third kappa shape index (κ3) is 3.33. The Morgan fingerprint density at radius 3 is 2.96 bits per heavy atom. The molecule has 0 saturated carbocycles. The Hall–Kier alpha value is -2.43. The van der Waals surface area contributed by atoms with E-state index in [4.69, 9.17) is 4.74 Å². The van der Waals surface area contributed by atoms with E-state index in [-0.39, 0.29) is 11.9 Å². The molecule has 1 aliphatic heterocycles. The van der Waals surface area contributed by atoms with Gasteiger partial charge in [-0.2, -0.15) is 0 Å². The van der Waals surface area contributed by atoms with Crippen molar-refractivity contribution in [1.29, 1.82) is 0 Å². The standard InChI is InChI=1S/C18H21N3O2/c1-13-19-10-9-16(20-13)18(22)21-11-5-7-15(21)12-14-6-3-4-8-17(14)23-2/h3-4,6,8-10,15H,5,7,11-12H2,1-2H3/t15-/m1/s1. The first kappa shape index (κ1) is 15.5. The van der Waals surface area contributed by atoms with Gasteiger partial charge in [0.15, 0.2) is 0 Å². The van der Waals surface area contributed by atoms with Crippen LogP contribution >= 0.6 is 0 Å². The summed E-state index contributed by atoms with van der Waals surface area (Å²) in [5, 5.41) is 0. The zero-order valence-corrected chi connectivity index (χ0v) is 13.5. The smallest absolute Gasteiger partial charge is 0.272 e. The molecule has 23 heavy (non-hydrogen) atoms. The van der Waals surface area contributed by atoms with E-state index in [0.29, 0.717) is 11.5 Å². The largest absolute Gasteiger partial charge is 0.496 e. The quantitative estimate of drug-likeness (QED) is 0.871. The lowest BCUT2D eigenvalue weighted by atomic mass is 10.0. The Morgan fingerprint density at radius 2 is 2.17 bits per heavy atom. The fourth-order valence-electron chi connectivity index (χ4n) is 3.16. The monoisotopic (exact) mass is 311 g/mol. The molecule has 1 aromatic heterocycles. The van der Waals surface area contributed by atoms with Crippen LogP contribution in [0.5, 0.6) is 5.75 Å². The van der Waals surface area contributed by atoms with Gasteiger partial charge in [-0.25, -0.2) is 9.97 Å². The van der Waals surface area contributed by atoms with Crippen molar-refractivity contribution in [2.75, 3.05) is 13.7 Å². The Labute approximate surface area is 136 Å². The molecule has 0 N–H and O–H groups in total. The molecule has 120 valence electrons. The first-order valence-corrected chi connectivity index (χ1v) is 7.91. The summed E-state index contributed by atoms with van der Waals surface area (Å²) in [5.74, 6) is 1.49. The second kappa shape index (κ2) is 6.77. The van der Waals surface area contributed by atoms with Crippen molar-refractivity contribution in [2.24, 2.45) is 0 Å². The first-order chi connectivity index (χ1) is 11.2. The molecular formula is C18H21N3O2. The van der Waals surface area contributed by atoms with E-state index < -0.39 is 0 Å². The van der Waals surface area contributed by atoms with E-state index >= 15 is 0 Å².